The molecule has 1 N–H and O–H groups in total. The highest BCUT2D eigenvalue weighted by atomic mass is 32.1. The molecule has 0 unspecified atom stereocenters. The number of hydrogen-bond acceptors (Lipinski definition) is 3. The van der Waals surface area contributed by atoms with Gasteiger partial charge in [-0.3, -0.25) is 0 Å². The number of carboxylic acids is 1. The Kier molecular flexibility index (Phi) is 1.48. The van der Waals surface area contributed by atoms with Crippen molar-refractivity contribution in [1.82, 2.24) is 4.37 Å². The molecule has 0 fully saturated rings. The molecule has 0 amide bonds. The Labute approximate surface area is 56.1 Å². The first-order chi connectivity index (χ1) is 4.20. The van der Waals surface area contributed by atoms with Gasteiger partial charge in [0.2, 0.25) is 0 Å². The molecule has 3 nitrogen and oxygen atoms in total. The predicted molar refractivity (Wildman–Crippen MR) is 33.8 cm³/mol. The van der Waals surface area contributed by atoms with Gasteiger partial charge in [-0.05, 0) is 24.5 Å². The Balaban J connectivity index is 2.98. The monoisotopic (exact) mass is 143 g/mol. The summed E-state index contributed by atoms with van der Waals surface area (Å²) >= 11 is 1.20. The van der Waals surface area contributed by atoms with Crippen LogP contribution in [0.15, 0.2) is 6.07 Å². The Morgan fingerprint density at radius 2 is 2.56 bits per heavy atom. The largest absolute Gasteiger partial charge is 0.476 e. The summed E-state index contributed by atoms with van der Waals surface area (Å²) in [6.07, 6.45) is 0. The zero-order chi connectivity index (χ0) is 6.85. The van der Waals surface area contributed by atoms with Crippen LogP contribution in [0, 0.1) is 6.92 Å². The van der Waals surface area contributed by atoms with Crippen molar-refractivity contribution in [2.24, 2.45) is 0 Å². The number of carboxylic acid groups (broad SMARTS) is 1. The van der Waals surface area contributed by atoms with E-state index < -0.39 is 5.97 Å². The van der Waals surface area contributed by atoms with E-state index in [1.54, 1.807) is 6.07 Å². The van der Waals surface area contributed by atoms with Crippen LogP contribution in [0.3, 0.4) is 0 Å². The number of aromatic nitrogens is 1. The van der Waals surface area contributed by atoms with Crippen molar-refractivity contribution < 1.29 is 9.90 Å². The van der Waals surface area contributed by atoms with E-state index in [0.29, 0.717) is 0 Å². The Morgan fingerprint density at radius 3 is 2.78 bits per heavy atom. The number of hydrogen-bond donors (Lipinski definition) is 1. The van der Waals surface area contributed by atoms with Gasteiger partial charge in [0, 0.05) is 4.88 Å². The molecule has 1 aromatic heterocycles. The summed E-state index contributed by atoms with van der Waals surface area (Å²) < 4.78 is 3.66. The second-order valence-corrected chi connectivity index (χ2v) is 2.64. The minimum absolute atomic E-state index is 0.137. The maximum atomic E-state index is 10.2. The molecule has 0 bridgehead atoms. The number of nitrogens with zero attached hydrogens (tertiary/aromatic N) is 1. The van der Waals surface area contributed by atoms with Gasteiger partial charge >= 0.3 is 5.97 Å². The summed E-state index contributed by atoms with van der Waals surface area (Å²) in [5.74, 6) is -0.959. The third-order valence-corrected chi connectivity index (χ3v) is 1.54. The second-order valence-electron chi connectivity index (χ2n) is 1.63. The van der Waals surface area contributed by atoms with E-state index in [1.165, 1.54) is 11.5 Å². The fraction of sp³-hybridized carbons (Fsp3) is 0.200. The van der Waals surface area contributed by atoms with E-state index in [2.05, 4.69) is 4.37 Å². The average Bonchev–Trinajstić information content (AvgIpc) is 2.14. The molecule has 48 valence electrons. The summed E-state index contributed by atoms with van der Waals surface area (Å²) in [6, 6.07) is 1.55. The van der Waals surface area contributed by atoms with E-state index in [-0.39, 0.29) is 5.69 Å². The van der Waals surface area contributed by atoms with Crippen LogP contribution in [-0.2, 0) is 0 Å². The molecule has 0 saturated carbocycles. The van der Waals surface area contributed by atoms with Crippen LogP contribution in [0.1, 0.15) is 15.4 Å². The lowest BCUT2D eigenvalue weighted by Gasteiger charge is -1.77. The van der Waals surface area contributed by atoms with E-state index in [4.69, 9.17) is 5.11 Å². The van der Waals surface area contributed by atoms with Crippen LogP contribution in [0.2, 0.25) is 0 Å². The molecule has 0 saturated heterocycles. The van der Waals surface area contributed by atoms with Crippen molar-refractivity contribution in [3.8, 4) is 0 Å². The highest BCUT2D eigenvalue weighted by Crippen LogP contribution is 2.06. The molecule has 1 aromatic rings. The molecule has 9 heavy (non-hydrogen) atoms. The van der Waals surface area contributed by atoms with Gasteiger partial charge in [0.1, 0.15) is 0 Å². The Morgan fingerprint density at radius 1 is 1.89 bits per heavy atom. The summed E-state index contributed by atoms with van der Waals surface area (Å²) in [7, 11) is 0. The van der Waals surface area contributed by atoms with Gasteiger partial charge in [-0.25, -0.2) is 4.79 Å². The lowest BCUT2D eigenvalue weighted by molar-refractivity contribution is 0.0692. The van der Waals surface area contributed by atoms with Crippen LogP contribution in [0.4, 0.5) is 0 Å². The van der Waals surface area contributed by atoms with Gasteiger partial charge in [0.15, 0.2) is 5.69 Å². The van der Waals surface area contributed by atoms with Crippen molar-refractivity contribution in [3.63, 3.8) is 0 Å². The van der Waals surface area contributed by atoms with Crippen molar-refractivity contribution in [2.45, 2.75) is 6.92 Å². The minimum Gasteiger partial charge on any atom is -0.476 e. The summed E-state index contributed by atoms with van der Waals surface area (Å²) in [5, 5.41) is 8.34. The standard InChI is InChI=1S/C5H5NO2S/c1-3-2-4(5(7)8)6-9-3/h2H,1H3,(H,7,8). The van der Waals surface area contributed by atoms with Gasteiger partial charge in [0.05, 0.1) is 0 Å². The van der Waals surface area contributed by atoms with Gasteiger partial charge in [0.25, 0.3) is 0 Å². The molecule has 0 aliphatic carbocycles. The number of carbonyl (C=O) groups is 1. The fourth-order valence-corrected chi connectivity index (χ4v) is 1.00. The summed E-state index contributed by atoms with van der Waals surface area (Å²) in [4.78, 5) is 11.1. The van der Waals surface area contributed by atoms with Crippen molar-refractivity contribution in [1.29, 1.82) is 0 Å². The third kappa shape index (κ3) is 1.26. The highest BCUT2D eigenvalue weighted by Gasteiger charge is 2.04. The minimum atomic E-state index is -0.959. The van der Waals surface area contributed by atoms with E-state index in [9.17, 15) is 4.79 Å². The molecule has 1 heterocycles. The molecule has 0 spiro atoms. The average molecular weight is 143 g/mol. The molecule has 0 aromatic carbocycles. The number of aromatic carboxylic acids is 1. The first-order valence-corrected chi connectivity index (χ1v) is 3.14. The lowest BCUT2D eigenvalue weighted by atomic mass is 10.4. The SMILES string of the molecule is Cc1cc(C(=O)O)ns1. The van der Waals surface area contributed by atoms with E-state index in [1.807, 2.05) is 6.92 Å². The predicted octanol–water partition coefficient (Wildman–Crippen LogP) is 1.15. The normalized spacial score (nSPS) is 9.44. The zero-order valence-corrected chi connectivity index (χ0v) is 5.60. The first kappa shape index (κ1) is 6.22. The molecule has 4 heteroatoms. The van der Waals surface area contributed by atoms with E-state index >= 15 is 0 Å². The molecule has 0 radical (unpaired) electrons. The quantitative estimate of drug-likeness (QED) is 0.641. The maximum absolute atomic E-state index is 10.2. The molecular weight excluding hydrogens is 138 g/mol. The van der Waals surface area contributed by atoms with Crippen molar-refractivity contribution in [3.05, 3.63) is 16.6 Å². The van der Waals surface area contributed by atoms with Gasteiger partial charge in [-0.1, -0.05) is 0 Å². The zero-order valence-electron chi connectivity index (χ0n) is 4.79. The molecular formula is C5H5NO2S. The van der Waals surface area contributed by atoms with Crippen LogP contribution >= 0.6 is 11.5 Å². The van der Waals surface area contributed by atoms with Gasteiger partial charge < -0.3 is 5.11 Å². The van der Waals surface area contributed by atoms with Gasteiger partial charge in [-0.15, -0.1) is 0 Å². The second kappa shape index (κ2) is 2.14. The fourth-order valence-electron chi connectivity index (χ4n) is 0.467. The van der Waals surface area contributed by atoms with Crippen LogP contribution in [-0.4, -0.2) is 15.4 Å². The number of aryl methyl sites for hydroxylation is 1. The highest BCUT2D eigenvalue weighted by molar-refractivity contribution is 7.05. The smallest absolute Gasteiger partial charge is 0.355 e. The van der Waals surface area contributed by atoms with Crippen LogP contribution in [0.25, 0.3) is 0 Å². The van der Waals surface area contributed by atoms with Gasteiger partial charge in [-0.2, -0.15) is 4.37 Å². The first-order valence-electron chi connectivity index (χ1n) is 2.37. The Bertz CT molecular complexity index is 231. The van der Waals surface area contributed by atoms with Crippen molar-refractivity contribution in [2.75, 3.05) is 0 Å². The van der Waals surface area contributed by atoms with E-state index in [0.717, 1.165) is 4.88 Å². The lowest BCUT2D eigenvalue weighted by Crippen LogP contribution is -1.94. The molecule has 0 aliphatic heterocycles. The van der Waals surface area contributed by atoms with Crippen LogP contribution < -0.4 is 0 Å². The Hall–Kier alpha value is -0.900. The van der Waals surface area contributed by atoms with Crippen LogP contribution in [0.5, 0.6) is 0 Å². The summed E-state index contributed by atoms with van der Waals surface area (Å²) in [5.41, 5.74) is 0.137. The molecule has 0 atom stereocenters. The summed E-state index contributed by atoms with van der Waals surface area (Å²) in [6.45, 7) is 1.82. The molecule has 0 aliphatic rings. The maximum Gasteiger partial charge on any atom is 0.355 e. The topological polar surface area (TPSA) is 50.2 Å². The number of rotatable bonds is 1. The third-order valence-electron chi connectivity index (χ3n) is 0.847. The molecule has 1 rings (SSSR count). The van der Waals surface area contributed by atoms with Crippen molar-refractivity contribution >= 4 is 17.5 Å².